The van der Waals surface area contributed by atoms with Gasteiger partial charge in [-0.05, 0) is 72.9 Å². The minimum Gasteiger partial charge on any atom is -0.364 e. The summed E-state index contributed by atoms with van der Waals surface area (Å²) < 4.78 is 5.86. The van der Waals surface area contributed by atoms with Gasteiger partial charge in [0.2, 0.25) is 11.8 Å². The molecule has 0 bridgehead atoms. The first kappa shape index (κ1) is 33.3. The highest BCUT2D eigenvalue weighted by Crippen LogP contribution is 2.39. The number of primary amides is 1. The smallest absolute Gasteiger partial charge is 0.320 e. The van der Waals surface area contributed by atoms with Crippen LogP contribution in [0, 0.1) is 5.92 Å². The molecule has 9 rings (SSSR count). The molecular formula is C38H42N10O5. The summed E-state index contributed by atoms with van der Waals surface area (Å²) in [5.74, 6) is -0.343. The lowest BCUT2D eigenvalue weighted by Gasteiger charge is -2.37. The third kappa shape index (κ3) is 6.11. The molecule has 5 amide bonds. The van der Waals surface area contributed by atoms with Crippen molar-refractivity contribution in [3.8, 4) is 0 Å². The standard InChI is InChI=1S/C38H42N10O5/c1-45-11-12-48(38(45)52)26-3-2-10-47(20-26)30-16-40-33(35(39)50)36(42-30)41-25-6-4-23-18-46(19-24(23)15-25)17-21-13-22-5-7-27-32(44-53-34(27)29(22)14-21)28-8-9-31(49)43-37(28)51/h4-7,15-16,21,26,28H,2-3,8-14,17-20H2,1H3,(H2,39,50)(H,41,42)(H,43,49,51)/t21?,26-,28?/m1/s1. The molecule has 1 aliphatic carbocycles. The largest absolute Gasteiger partial charge is 0.364 e. The molecule has 53 heavy (non-hydrogen) atoms. The summed E-state index contributed by atoms with van der Waals surface area (Å²) in [5.41, 5.74) is 12.9. The van der Waals surface area contributed by atoms with Crippen LogP contribution in [0.25, 0.3) is 11.0 Å². The van der Waals surface area contributed by atoms with Gasteiger partial charge < -0.3 is 30.3 Å². The summed E-state index contributed by atoms with van der Waals surface area (Å²) in [6.45, 7) is 5.43. The SMILES string of the molecule is CN1CCN([C@@H]2CCCN(c3cnc(C(N)=O)c(Nc4ccc5c(c4)CN(CC4Cc6ccc7c(C8CCC(=O)NC8=O)noc7c6C4)C5)n3)C2)C1=O. The fourth-order valence-electron chi connectivity index (χ4n) is 8.94. The predicted molar refractivity (Wildman–Crippen MR) is 194 cm³/mol. The van der Waals surface area contributed by atoms with Crippen molar-refractivity contribution in [3.05, 3.63) is 70.2 Å². The molecule has 15 nitrogen and oxygen atoms in total. The molecule has 3 fully saturated rings. The Balaban J connectivity index is 0.865. The topological polar surface area (TPSA) is 183 Å². The third-order valence-corrected chi connectivity index (χ3v) is 11.6. The molecule has 0 spiro atoms. The molecule has 4 N–H and O–H groups in total. The number of imide groups is 1. The number of carbonyl (C=O) groups is 4. The van der Waals surface area contributed by atoms with Crippen LogP contribution in [0.3, 0.4) is 0 Å². The van der Waals surface area contributed by atoms with Crippen molar-refractivity contribution in [2.45, 2.75) is 63.6 Å². The first-order valence-corrected chi connectivity index (χ1v) is 18.5. The molecule has 4 aromatic rings. The van der Waals surface area contributed by atoms with Crippen molar-refractivity contribution < 1.29 is 23.7 Å². The van der Waals surface area contributed by atoms with E-state index in [1.54, 1.807) is 11.1 Å². The van der Waals surface area contributed by atoms with Gasteiger partial charge >= 0.3 is 6.03 Å². The highest BCUT2D eigenvalue weighted by molar-refractivity contribution is 6.02. The number of hydrogen-bond donors (Lipinski definition) is 3. The summed E-state index contributed by atoms with van der Waals surface area (Å²) in [7, 11) is 1.83. The molecule has 274 valence electrons. The van der Waals surface area contributed by atoms with E-state index in [1.165, 1.54) is 16.7 Å². The van der Waals surface area contributed by atoms with Gasteiger partial charge in [-0.3, -0.25) is 24.6 Å². The van der Waals surface area contributed by atoms with Gasteiger partial charge in [0, 0.05) is 75.9 Å². The van der Waals surface area contributed by atoms with Crippen LogP contribution in [0.4, 0.5) is 22.1 Å². The fraction of sp³-hybridized carbons (Fsp3) is 0.447. The van der Waals surface area contributed by atoms with E-state index in [-0.39, 0.29) is 29.6 Å². The number of hydrogen-bond acceptors (Lipinski definition) is 11. The number of nitrogens with two attached hydrogens (primary N) is 1. The lowest BCUT2D eigenvalue weighted by Crippen LogP contribution is -2.49. The second-order valence-electron chi connectivity index (χ2n) is 15.1. The van der Waals surface area contributed by atoms with Crippen molar-refractivity contribution in [3.63, 3.8) is 0 Å². The molecule has 3 atom stereocenters. The number of nitrogens with one attached hydrogen (secondary N) is 2. The van der Waals surface area contributed by atoms with Crippen LogP contribution in [-0.4, -0.2) is 99.4 Å². The van der Waals surface area contributed by atoms with E-state index in [4.69, 9.17) is 15.2 Å². The van der Waals surface area contributed by atoms with Crippen molar-refractivity contribution in [1.82, 2.24) is 35.1 Å². The zero-order valence-corrected chi connectivity index (χ0v) is 29.6. The van der Waals surface area contributed by atoms with E-state index in [0.717, 1.165) is 87.2 Å². The molecule has 15 heteroatoms. The summed E-state index contributed by atoms with van der Waals surface area (Å²) in [5, 5.41) is 10.9. The van der Waals surface area contributed by atoms with Gasteiger partial charge in [-0.1, -0.05) is 17.3 Å². The van der Waals surface area contributed by atoms with Crippen LogP contribution in [0.5, 0.6) is 0 Å². The van der Waals surface area contributed by atoms with Crippen molar-refractivity contribution >= 4 is 52.0 Å². The number of urea groups is 1. The van der Waals surface area contributed by atoms with Crippen LogP contribution < -0.4 is 21.3 Å². The normalized spacial score (nSPS) is 23.2. The van der Waals surface area contributed by atoms with Crippen LogP contribution in [0.15, 0.2) is 41.1 Å². The Hall–Kier alpha value is -5.57. The molecule has 2 aromatic carbocycles. The average molecular weight is 719 g/mol. The minimum absolute atomic E-state index is 0.0628. The van der Waals surface area contributed by atoms with E-state index in [0.29, 0.717) is 42.6 Å². The molecule has 2 unspecified atom stereocenters. The second kappa shape index (κ2) is 13.1. The van der Waals surface area contributed by atoms with Gasteiger partial charge in [0.1, 0.15) is 11.5 Å². The molecule has 5 aliphatic rings. The number of anilines is 3. The lowest BCUT2D eigenvalue weighted by molar-refractivity contribution is -0.134. The third-order valence-electron chi connectivity index (χ3n) is 11.6. The maximum Gasteiger partial charge on any atom is 0.320 e. The molecule has 6 heterocycles. The van der Waals surface area contributed by atoms with E-state index >= 15 is 0 Å². The average Bonchev–Trinajstić information content (AvgIpc) is 3.93. The van der Waals surface area contributed by atoms with Gasteiger partial charge in [-0.25, -0.2) is 14.8 Å². The number of fused-ring (bicyclic) bond motifs is 4. The van der Waals surface area contributed by atoms with Gasteiger partial charge in [0.05, 0.1) is 18.2 Å². The maximum absolute atomic E-state index is 12.7. The molecule has 4 aliphatic heterocycles. The number of aromatic nitrogens is 3. The number of rotatable bonds is 8. The van der Waals surface area contributed by atoms with Crippen molar-refractivity contribution in [1.29, 1.82) is 0 Å². The highest BCUT2D eigenvalue weighted by Gasteiger charge is 2.36. The van der Waals surface area contributed by atoms with Crippen LogP contribution in [0.1, 0.15) is 70.0 Å². The van der Waals surface area contributed by atoms with E-state index in [9.17, 15) is 19.2 Å². The predicted octanol–water partition coefficient (Wildman–Crippen LogP) is 3.05. The molecule has 0 saturated carbocycles. The van der Waals surface area contributed by atoms with Gasteiger partial charge in [-0.15, -0.1) is 0 Å². The minimum atomic E-state index is -0.659. The number of nitrogens with zero attached hydrogens (tertiary/aromatic N) is 7. The summed E-state index contributed by atoms with van der Waals surface area (Å²) >= 11 is 0. The maximum atomic E-state index is 12.7. The zero-order chi connectivity index (χ0) is 36.4. The Morgan fingerprint density at radius 3 is 2.70 bits per heavy atom. The first-order valence-electron chi connectivity index (χ1n) is 18.5. The number of amides is 5. The Bertz CT molecular complexity index is 2170. The van der Waals surface area contributed by atoms with Crippen molar-refractivity contribution in [2.75, 3.05) is 50.0 Å². The van der Waals surface area contributed by atoms with E-state index in [2.05, 4.69) is 48.8 Å². The van der Waals surface area contributed by atoms with E-state index in [1.807, 2.05) is 24.1 Å². The molecule has 0 radical (unpaired) electrons. The van der Waals surface area contributed by atoms with Crippen LogP contribution >= 0.6 is 0 Å². The number of likely N-dealkylation sites (N-methyl/N-ethyl adjacent to an activating group) is 1. The first-order chi connectivity index (χ1) is 25.7. The van der Waals surface area contributed by atoms with E-state index < -0.39 is 11.8 Å². The van der Waals surface area contributed by atoms with Gasteiger partial charge in [0.25, 0.3) is 5.91 Å². The number of piperidine rings is 2. The zero-order valence-electron chi connectivity index (χ0n) is 29.6. The number of carbonyl (C=O) groups excluding carboxylic acids is 4. The highest BCUT2D eigenvalue weighted by atomic mass is 16.5. The molecular weight excluding hydrogens is 676 g/mol. The van der Waals surface area contributed by atoms with Crippen LogP contribution in [0.2, 0.25) is 0 Å². The number of benzene rings is 2. The summed E-state index contributed by atoms with van der Waals surface area (Å²) in [6.07, 6.45) is 5.99. The Kier molecular flexibility index (Phi) is 8.24. The quantitative estimate of drug-likeness (QED) is 0.228. The van der Waals surface area contributed by atoms with Gasteiger partial charge in [-0.2, -0.15) is 0 Å². The summed E-state index contributed by atoms with van der Waals surface area (Å²) in [4.78, 5) is 66.9. The lowest BCUT2D eigenvalue weighted by atomic mass is 9.92. The second-order valence-corrected chi connectivity index (χ2v) is 15.1. The molecule has 3 saturated heterocycles. The van der Waals surface area contributed by atoms with Crippen LogP contribution in [-0.2, 0) is 35.5 Å². The Morgan fingerprint density at radius 2 is 1.89 bits per heavy atom. The Morgan fingerprint density at radius 1 is 1.04 bits per heavy atom. The Labute approximate surface area is 305 Å². The monoisotopic (exact) mass is 718 g/mol. The molecule has 2 aromatic heterocycles. The van der Waals surface area contributed by atoms with Gasteiger partial charge in [0.15, 0.2) is 17.1 Å². The summed E-state index contributed by atoms with van der Waals surface area (Å²) in [6, 6.07) is 10.5. The van der Waals surface area contributed by atoms with Crippen molar-refractivity contribution in [2.24, 2.45) is 11.7 Å². The fourth-order valence-corrected chi connectivity index (χ4v) is 8.94.